The fourth-order valence-electron chi connectivity index (χ4n) is 3.52. The van der Waals surface area contributed by atoms with E-state index in [-0.39, 0.29) is 29.0 Å². The van der Waals surface area contributed by atoms with Gasteiger partial charge in [-0.2, -0.15) is 0 Å². The van der Waals surface area contributed by atoms with E-state index in [1.807, 2.05) is 0 Å². The Morgan fingerprint density at radius 1 is 1.36 bits per heavy atom. The Balaban J connectivity index is 0.00000280. The van der Waals surface area contributed by atoms with Gasteiger partial charge in [0, 0.05) is 12.1 Å². The van der Waals surface area contributed by atoms with Crippen LogP contribution in [0.4, 0.5) is 0 Å². The van der Waals surface area contributed by atoms with Crippen LogP contribution in [0.2, 0.25) is 0 Å². The molecule has 1 amide bonds. The van der Waals surface area contributed by atoms with Crippen LogP contribution in [0.15, 0.2) is 34.2 Å². The van der Waals surface area contributed by atoms with E-state index >= 15 is 0 Å². The number of rotatable bonds is 8. The normalized spacial score (nSPS) is 22.2. The highest BCUT2D eigenvalue weighted by atomic mass is 35.5. The van der Waals surface area contributed by atoms with Gasteiger partial charge in [0.25, 0.3) is 10.0 Å². The van der Waals surface area contributed by atoms with Gasteiger partial charge < -0.3 is 10.6 Å². The first-order valence-electron chi connectivity index (χ1n) is 9.69. The van der Waals surface area contributed by atoms with Crippen molar-refractivity contribution in [3.05, 3.63) is 29.8 Å². The van der Waals surface area contributed by atoms with Gasteiger partial charge in [0.05, 0.1) is 4.90 Å². The average Bonchev–Trinajstić information content (AvgIpc) is 3.25. The number of amidine groups is 1. The smallest absolute Gasteiger partial charge is 0.263 e. The second-order valence-electron chi connectivity index (χ2n) is 7.18. The molecule has 0 bridgehead atoms. The minimum atomic E-state index is -3.59. The Morgan fingerprint density at radius 3 is 2.86 bits per heavy atom. The molecule has 2 atom stereocenters. The summed E-state index contributed by atoms with van der Waals surface area (Å²) in [7, 11) is -3.59. The van der Waals surface area contributed by atoms with Crippen molar-refractivity contribution < 1.29 is 13.2 Å². The van der Waals surface area contributed by atoms with Crippen LogP contribution >= 0.6 is 12.4 Å². The number of fused-ring (bicyclic) bond motifs is 1. The van der Waals surface area contributed by atoms with Gasteiger partial charge >= 0.3 is 0 Å². The molecule has 0 aromatic heterocycles. The van der Waals surface area contributed by atoms with Gasteiger partial charge in [-0.1, -0.05) is 31.9 Å². The molecule has 28 heavy (non-hydrogen) atoms. The predicted molar refractivity (Wildman–Crippen MR) is 112 cm³/mol. The Kier molecular flexibility index (Phi) is 8.27. The first-order chi connectivity index (χ1) is 13.0. The molecule has 1 fully saturated rings. The zero-order valence-corrected chi connectivity index (χ0v) is 17.7. The second kappa shape index (κ2) is 10.2. The lowest BCUT2D eigenvalue weighted by atomic mass is 10.0. The summed E-state index contributed by atoms with van der Waals surface area (Å²) < 4.78 is 27.0. The quantitative estimate of drug-likeness (QED) is 0.588. The molecule has 2 heterocycles. The molecule has 7 nitrogen and oxygen atoms in total. The number of benzene rings is 1. The van der Waals surface area contributed by atoms with Gasteiger partial charge in [-0.3, -0.25) is 14.5 Å². The van der Waals surface area contributed by atoms with Crippen LogP contribution in [0.1, 0.15) is 44.6 Å². The Hall–Kier alpha value is -1.64. The van der Waals surface area contributed by atoms with E-state index in [1.165, 1.54) is 0 Å². The number of hydrogen-bond donors (Lipinski definition) is 3. The molecular weight excluding hydrogens is 400 g/mol. The molecule has 0 saturated carbocycles. The highest BCUT2D eigenvalue weighted by Crippen LogP contribution is 2.23. The number of halogens is 1. The second-order valence-corrected chi connectivity index (χ2v) is 8.83. The molecule has 2 unspecified atom stereocenters. The number of amides is 1. The molecule has 2 aliphatic heterocycles. The van der Waals surface area contributed by atoms with Crippen molar-refractivity contribution >= 4 is 34.2 Å². The van der Waals surface area contributed by atoms with E-state index in [4.69, 9.17) is 0 Å². The lowest BCUT2D eigenvalue weighted by Gasteiger charge is -2.15. The highest BCUT2D eigenvalue weighted by molar-refractivity contribution is 7.90. The van der Waals surface area contributed by atoms with Crippen LogP contribution in [0, 0.1) is 5.92 Å². The molecule has 1 saturated heterocycles. The van der Waals surface area contributed by atoms with Crippen molar-refractivity contribution in [2.75, 3.05) is 19.6 Å². The number of carbonyl (C=O) groups excluding carboxylic acids is 1. The van der Waals surface area contributed by atoms with Crippen LogP contribution in [-0.2, 0) is 14.8 Å². The Labute approximate surface area is 173 Å². The van der Waals surface area contributed by atoms with Crippen molar-refractivity contribution in [1.82, 2.24) is 15.4 Å². The number of carbonyl (C=O) groups is 1. The number of nitrogens with zero attached hydrogens (tertiary/aromatic N) is 1. The first kappa shape index (κ1) is 22.6. The van der Waals surface area contributed by atoms with Crippen LogP contribution in [0.25, 0.3) is 0 Å². The van der Waals surface area contributed by atoms with Crippen LogP contribution in [-0.4, -0.2) is 45.8 Å². The van der Waals surface area contributed by atoms with Crippen molar-refractivity contribution in [3.63, 3.8) is 0 Å². The van der Waals surface area contributed by atoms with E-state index in [0.717, 1.165) is 38.8 Å². The van der Waals surface area contributed by atoms with E-state index in [1.54, 1.807) is 24.3 Å². The number of unbranched alkanes of at least 4 members (excludes halogenated alkanes) is 1. The van der Waals surface area contributed by atoms with Gasteiger partial charge in [-0.05, 0) is 50.4 Å². The monoisotopic (exact) mass is 428 g/mol. The minimum absolute atomic E-state index is 0. The Bertz CT molecular complexity index is 807. The third-order valence-electron chi connectivity index (χ3n) is 5.10. The third-order valence-corrected chi connectivity index (χ3v) is 6.49. The summed E-state index contributed by atoms with van der Waals surface area (Å²) in [6, 6.07) is 6.13. The topological polar surface area (TPSA) is 99.7 Å². The summed E-state index contributed by atoms with van der Waals surface area (Å²) in [6.45, 7) is 4.74. The molecule has 2 aliphatic rings. The largest absolute Gasteiger partial charge is 0.354 e. The van der Waals surface area contributed by atoms with Crippen molar-refractivity contribution in [1.29, 1.82) is 0 Å². The predicted octanol–water partition coefficient (Wildman–Crippen LogP) is 1.82. The van der Waals surface area contributed by atoms with Crippen molar-refractivity contribution in [2.45, 2.75) is 50.0 Å². The lowest BCUT2D eigenvalue weighted by Crippen LogP contribution is -2.36. The summed E-state index contributed by atoms with van der Waals surface area (Å²) in [5.74, 6) is 0.742. The number of aliphatic imine (C=N–C) groups is 1. The third kappa shape index (κ3) is 5.46. The number of sulfonamides is 1. The van der Waals surface area contributed by atoms with E-state index in [9.17, 15) is 13.2 Å². The molecule has 1 aromatic carbocycles. The fourth-order valence-corrected chi connectivity index (χ4v) is 4.75. The maximum absolute atomic E-state index is 12.7. The SMILES string of the molecule is CCCCC(N=C1NS(=O)(=O)c2ccccc21)C(=O)NCCC1CCNC1.Cl. The van der Waals surface area contributed by atoms with Crippen molar-refractivity contribution in [3.8, 4) is 0 Å². The molecule has 3 rings (SSSR count). The van der Waals surface area contributed by atoms with Crippen molar-refractivity contribution in [2.24, 2.45) is 10.9 Å². The fraction of sp³-hybridized carbons (Fsp3) is 0.579. The maximum atomic E-state index is 12.7. The summed E-state index contributed by atoms with van der Waals surface area (Å²) in [4.78, 5) is 17.4. The van der Waals surface area contributed by atoms with Gasteiger partial charge in [0.15, 0.2) is 0 Å². The zero-order chi connectivity index (χ0) is 19.3. The highest BCUT2D eigenvalue weighted by Gasteiger charge is 2.31. The average molecular weight is 429 g/mol. The van der Waals surface area contributed by atoms with Crippen LogP contribution in [0.3, 0.4) is 0 Å². The van der Waals surface area contributed by atoms with Crippen LogP contribution in [0.5, 0.6) is 0 Å². The summed E-state index contributed by atoms with van der Waals surface area (Å²) in [5.41, 5.74) is 0.531. The summed E-state index contributed by atoms with van der Waals surface area (Å²) in [6.07, 6.45) is 4.50. The molecule has 156 valence electrons. The molecule has 9 heteroatoms. The molecule has 0 aliphatic carbocycles. The minimum Gasteiger partial charge on any atom is -0.354 e. The van der Waals surface area contributed by atoms with E-state index in [2.05, 4.69) is 27.3 Å². The standard InChI is InChI=1S/C19H28N4O3S.ClH/c1-2-3-7-16(19(24)21-12-10-14-9-11-20-13-14)22-18-15-6-4-5-8-17(15)27(25,26)23-18;/h4-6,8,14,16,20H,2-3,7,9-13H2,1H3,(H,21,24)(H,22,23);1H. The van der Waals surface area contributed by atoms with Gasteiger partial charge in [-0.15, -0.1) is 12.4 Å². The first-order valence-corrected chi connectivity index (χ1v) is 11.2. The maximum Gasteiger partial charge on any atom is 0.263 e. The van der Waals surface area contributed by atoms with Gasteiger partial charge in [0.1, 0.15) is 11.9 Å². The molecular formula is C19H29ClN4O3S. The molecule has 3 N–H and O–H groups in total. The molecule has 1 aromatic rings. The molecule has 0 radical (unpaired) electrons. The number of hydrogen-bond acceptors (Lipinski definition) is 5. The van der Waals surface area contributed by atoms with Gasteiger partial charge in [-0.25, -0.2) is 8.42 Å². The summed E-state index contributed by atoms with van der Waals surface area (Å²) >= 11 is 0. The summed E-state index contributed by atoms with van der Waals surface area (Å²) in [5, 5.41) is 6.31. The van der Waals surface area contributed by atoms with Gasteiger partial charge in [0.2, 0.25) is 5.91 Å². The number of nitrogens with one attached hydrogen (secondary N) is 3. The Morgan fingerprint density at radius 2 is 2.14 bits per heavy atom. The zero-order valence-electron chi connectivity index (χ0n) is 16.1. The van der Waals surface area contributed by atoms with Crippen LogP contribution < -0.4 is 15.4 Å². The van der Waals surface area contributed by atoms with E-state index in [0.29, 0.717) is 24.4 Å². The molecule has 0 spiro atoms. The lowest BCUT2D eigenvalue weighted by molar-refractivity contribution is -0.122. The van der Waals surface area contributed by atoms with E-state index < -0.39 is 16.1 Å².